The Hall–Kier alpha value is -2.61. The summed E-state index contributed by atoms with van der Waals surface area (Å²) in [5, 5.41) is 8.96. The molecule has 2 amide bonds. The van der Waals surface area contributed by atoms with E-state index in [1.165, 1.54) is 4.90 Å². The van der Waals surface area contributed by atoms with Crippen LogP contribution in [-0.2, 0) is 19.1 Å². The number of nitrogens with zero attached hydrogens (tertiary/aromatic N) is 2. The summed E-state index contributed by atoms with van der Waals surface area (Å²) in [6.45, 7) is 1.77. The van der Waals surface area contributed by atoms with Crippen LogP contribution in [0.15, 0.2) is 24.3 Å². The number of aliphatic carboxylic acids is 1. The molecule has 2 aliphatic rings. The molecule has 2 heterocycles. The van der Waals surface area contributed by atoms with Crippen molar-refractivity contribution >= 4 is 23.5 Å². The molecule has 1 fully saturated rings. The van der Waals surface area contributed by atoms with Crippen molar-refractivity contribution in [1.29, 1.82) is 0 Å². The zero-order chi connectivity index (χ0) is 17.1. The lowest BCUT2D eigenvalue weighted by molar-refractivity contribution is -0.143. The van der Waals surface area contributed by atoms with Crippen molar-refractivity contribution < 1.29 is 29.0 Å². The molecule has 2 aliphatic heterocycles. The smallest absolute Gasteiger partial charge is 0.307 e. The second-order valence-corrected chi connectivity index (χ2v) is 5.59. The topological polar surface area (TPSA) is 96.4 Å². The van der Waals surface area contributed by atoms with E-state index in [1.54, 1.807) is 29.2 Å². The molecule has 0 unspecified atom stereocenters. The van der Waals surface area contributed by atoms with Gasteiger partial charge in [-0.05, 0) is 12.1 Å². The van der Waals surface area contributed by atoms with Crippen molar-refractivity contribution in [1.82, 2.24) is 4.90 Å². The van der Waals surface area contributed by atoms with Gasteiger partial charge in [0.25, 0.3) is 5.91 Å². The van der Waals surface area contributed by atoms with Gasteiger partial charge in [-0.2, -0.15) is 0 Å². The van der Waals surface area contributed by atoms with Crippen LogP contribution in [0, 0.1) is 0 Å². The van der Waals surface area contributed by atoms with E-state index in [-0.39, 0.29) is 12.5 Å². The van der Waals surface area contributed by atoms with Crippen LogP contribution in [0.1, 0.15) is 6.42 Å². The van der Waals surface area contributed by atoms with Crippen molar-refractivity contribution in [2.75, 3.05) is 37.7 Å². The minimum Gasteiger partial charge on any atom is -0.481 e. The summed E-state index contributed by atoms with van der Waals surface area (Å²) >= 11 is 0. The third-order valence-electron chi connectivity index (χ3n) is 3.98. The average molecular weight is 334 g/mol. The van der Waals surface area contributed by atoms with Crippen LogP contribution in [0.3, 0.4) is 0 Å². The van der Waals surface area contributed by atoms with Gasteiger partial charge in [0, 0.05) is 13.1 Å². The van der Waals surface area contributed by atoms with Gasteiger partial charge in [-0.1, -0.05) is 12.1 Å². The standard InChI is InChI=1S/C16H18N2O6/c19-14(17-5-7-23-8-6-17)10-18-11-3-1-2-4-12(11)24-13(16(18)22)9-15(20)21/h1-4,13H,5-10H2,(H,20,21)/t13-/m0/s1. The summed E-state index contributed by atoms with van der Waals surface area (Å²) in [7, 11) is 0. The number of hydrogen-bond donors (Lipinski definition) is 1. The number of fused-ring (bicyclic) bond motifs is 1. The van der Waals surface area contributed by atoms with Gasteiger partial charge in [-0.3, -0.25) is 19.3 Å². The molecule has 0 spiro atoms. The Labute approximate surface area is 138 Å². The Kier molecular flexibility index (Phi) is 4.66. The predicted octanol–water partition coefficient (Wildman–Crippen LogP) is 0.114. The van der Waals surface area contributed by atoms with Gasteiger partial charge in [0.05, 0.1) is 25.3 Å². The molecule has 0 bridgehead atoms. The first-order chi connectivity index (χ1) is 11.6. The first-order valence-electron chi connectivity index (χ1n) is 7.70. The Balaban J connectivity index is 1.82. The largest absolute Gasteiger partial charge is 0.481 e. The van der Waals surface area contributed by atoms with Crippen LogP contribution >= 0.6 is 0 Å². The summed E-state index contributed by atoms with van der Waals surface area (Å²) in [5.74, 6) is -1.44. The molecular formula is C16H18N2O6. The molecule has 1 N–H and O–H groups in total. The zero-order valence-electron chi connectivity index (χ0n) is 13.0. The summed E-state index contributed by atoms with van der Waals surface area (Å²) in [6.07, 6.45) is -1.58. The molecule has 1 saturated heterocycles. The summed E-state index contributed by atoms with van der Waals surface area (Å²) in [6, 6.07) is 6.80. The first-order valence-corrected chi connectivity index (χ1v) is 7.70. The highest BCUT2D eigenvalue weighted by Gasteiger charge is 2.37. The lowest BCUT2D eigenvalue weighted by atomic mass is 10.1. The number of morpholine rings is 1. The molecule has 8 heteroatoms. The van der Waals surface area contributed by atoms with Crippen molar-refractivity contribution in [2.24, 2.45) is 0 Å². The first kappa shape index (κ1) is 16.3. The van der Waals surface area contributed by atoms with E-state index in [4.69, 9.17) is 14.6 Å². The van der Waals surface area contributed by atoms with Gasteiger partial charge in [0.15, 0.2) is 6.10 Å². The molecular weight excluding hydrogens is 316 g/mol. The number of benzene rings is 1. The Morgan fingerprint density at radius 3 is 2.62 bits per heavy atom. The second kappa shape index (κ2) is 6.88. The van der Waals surface area contributed by atoms with E-state index < -0.39 is 24.4 Å². The Bertz CT molecular complexity index is 656. The minimum atomic E-state index is -1.13. The Morgan fingerprint density at radius 2 is 1.92 bits per heavy atom. The van der Waals surface area contributed by atoms with Gasteiger partial charge in [0.1, 0.15) is 12.3 Å². The number of anilines is 1. The molecule has 24 heavy (non-hydrogen) atoms. The molecule has 0 aliphatic carbocycles. The van der Waals surface area contributed by atoms with Gasteiger partial charge in [-0.15, -0.1) is 0 Å². The van der Waals surface area contributed by atoms with Gasteiger partial charge in [-0.25, -0.2) is 0 Å². The van der Waals surface area contributed by atoms with Crippen LogP contribution in [0.25, 0.3) is 0 Å². The van der Waals surface area contributed by atoms with Crippen molar-refractivity contribution in [3.63, 3.8) is 0 Å². The van der Waals surface area contributed by atoms with E-state index in [9.17, 15) is 14.4 Å². The Morgan fingerprint density at radius 1 is 1.21 bits per heavy atom. The van der Waals surface area contributed by atoms with Gasteiger partial charge in [0.2, 0.25) is 5.91 Å². The highest BCUT2D eigenvalue weighted by molar-refractivity contribution is 6.04. The monoisotopic (exact) mass is 334 g/mol. The SMILES string of the molecule is O=C(O)C[C@@H]1Oc2ccccc2N(CC(=O)N2CCOCC2)C1=O. The third-order valence-corrected chi connectivity index (χ3v) is 3.98. The third kappa shape index (κ3) is 3.33. The molecule has 0 aromatic heterocycles. The molecule has 1 atom stereocenters. The van der Waals surface area contributed by atoms with Crippen LogP contribution in [0.2, 0.25) is 0 Å². The number of hydrogen-bond acceptors (Lipinski definition) is 5. The number of carbonyl (C=O) groups excluding carboxylic acids is 2. The summed E-state index contributed by atoms with van der Waals surface area (Å²) in [4.78, 5) is 39.0. The molecule has 0 saturated carbocycles. The fraction of sp³-hybridized carbons (Fsp3) is 0.438. The maximum atomic E-state index is 12.6. The van der Waals surface area contributed by atoms with Crippen LogP contribution in [0.4, 0.5) is 5.69 Å². The predicted molar refractivity (Wildman–Crippen MR) is 82.9 cm³/mol. The van der Waals surface area contributed by atoms with E-state index in [0.717, 1.165) is 0 Å². The second-order valence-electron chi connectivity index (χ2n) is 5.59. The number of rotatable bonds is 4. The van der Waals surface area contributed by atoms with Crippen molar-refractivity contribution in [2.45, 2.75) is 12.5 Å². The normalized spacial score (nSPS) is 20.3. The van der Waals surface area contributed by atoms with E-state index >= 15 is 0 Å². The van der Waals surface area contributed by atoms with Crippen molar-refractivity contribution in [3.05, 3.63) is 24.3 Å². The minimum absolute atomic E-state index is 0.144. The van der Waals surface area contributed by atoms with Crippen LogP contribution in [0.5, 0.6) is 5.75 Å². The lowest BCUT2D eigenvalue weighted by Gasteiger charge is -2.35. The fourth-order valence-corrected chi connectivity index (χ4v) is 2.77. The van der Waals surface area contributed by atoms with Crippen LogP contribution in [-0.4, -0.2) is 66.7 Å². The maximum Gasteiger partial charge on any atom is 0.307 e. The van der Waals surface area contributed by atoms with Gasteiger partial charge < -0.3 is 19.5 Å². The summed E-state index contributed by atoms with van der Waals surface area (Å²) in [5.41, 5.74) is 0.478. The van der Waals surface area contributed by atoms with Gasteiger partial charge >= 0.3 is 5.97 Å². The van der Waals surface area contributed by atoms with Crippen LogP contribution < -0.4 is 9.64 Å². The molecule has 1 aromatic carbocycles. The number of carboxylic acid groups (broad SMARTS) is 1. The molecule has 8 nitrogen and oxygen atoms in total. The summed E-state index contributed by atoms with van der Waals surface area (Å²) < 4.78 is 10.7. The maximum absolute atomic E-state index is 12.6. The highest BCUT2D eigenvalue weighted by atomic mass is 16.5. The molecule has 128 valence electrons. The number of ether oxygens (including phenoxy) is 2. The van der Waals surface area contributed by atoms with E-state index in [0.29, 0.717) is 37.7 Å². The average Bonchev–Trinajstić information content (AvgIpc) is 2.58. The lowest BCUT2D eigenvalue weighted by Crippen LogP contribution is -2.52. The van der Waals surface area contributed by atoms with E-state index in [1.807, 2.05) is 0 Å². The number of carbonyl (C=O) groups is 3. The van der Waals surface area contributed by atoms with E-state index in [2.05, 4.69) is 0 Å². The molecule has 1 aromatic rings. The number of para-hydroxylation sites is 2. The molecule has 3 rings (SSSR count). The van der Waals surface area contributed by atoms with Crippen molar-refractivity contribution in [3.8, 4) is 5.75 Å². The quantitative estimate of drug-likeness (QED) is 0.840. The fourth-order valence-electron chi connectivity index (χ4n) is 2.77. The number of amides is 2. The number of carboxylic acids is 1. The molecule has 0 radical (unpaired) electrons. The highest BCUT2D eigenvalue weighted by Crippen LogP contribution is 2.34. The zero-order valence-corrected chi connectivity index (χ0v) is 13.0.